The first-order valence-corrected chi connectivity index (χ1v) is 6.27. The number of rotatable bonds is 2. The van der Waals surface area contributed by atoms with E-state index in [0.717, 1.165) is 31.7 Å². The van der Waals surface area contributed by atoms with Gasteiger partial charge >= 0.3 is 0 Å². The Morgan fingerprint density at radius 1 is 0.933 bits per heavy atom. The summed E-state index contributed by atoms with van der Waals surface area (Å²) in [5.74, 6) is 2.05. The molecular weight excluding hydrogens is 190 g/mol. The van der Waals surface area contributed by atoms with Gasteiger partial charge in [0.1, 0.15) is 0 Å². The fraction of sp³-hybridized carbons (Fsp3) is 1.00. The van der Waals surface area contributed by atoms with Gasteiger partial charge in [-0.1, -0.05) is 6.42 Å². The van der Waals surface area contributed by atoms with Crippen LogP contribution in [0.25, 0.3) is 0 Å². The zero-order chi connectivity index (χ0) is 10.8. The summed E-state index contributed by atoms with van der Waals surface area (Å²) in [5.41, 5.74) is 5.59. The summed E-state index contributed by atoms with van der Waals surface area (Å²) in [5, 5.41) is 19.3. The van der Waals surface area contributed by atoms with Crippen LogP contribution in [0.4, 0.5) is 0 Å². The molecule has 5 atom stereocenters. The molecule has 4 N–H and O–H groups in total. The molecule has 0 aromatic heterocycles. The first kappa shape index (κ1) is 11.4. The summed E-state index contributed by atoms with van der Waals surface area (Å²) in [6, 6.07) is 0. The predicted octanol–water partition coefficient (Wildman–Crippen LogP) is 0.883. The van der Waals surface area contributed by atoms with Crippen molar-refractivity contribution in [3.63, 3.8) is 0 Å². The van der Waals surface area contributed by atoms with Gasteiger partial charge in [0.2, 0.25) is 0 Å². The Labute approximate surface area is 91.7 Å². The van der Waals surface area contributed by atoms with Crippen molar-refractivity contribution >= 4 is 0 Å². The van der Waals surface area contributed by atoms with Crippen molar-refractivity contribution in [3.05, 3.63) is 0 Å². The highest BCUT2D eigenvalue weighted by atomic mass is 16.3. The van der Waals surface area contributed by atoms with Crippen molar-refractivity contribution in [3.8, 4) is 0 Å². The first-order chi connectivity index (χ1) is 7.20. The summed E-state index contributed by atoms with van der Waals surface area (Å²) in [6.45, 7) is 0.785. The predicted molar refractivity (Wildman–Crippen MR) is 59.2 cm³/mol. The number of nitrogens with two attached hydrogens (primary N) is 1. The van der Waals surface area contributed by atoms with Crippen molar-refractivity contribution in [2.75, 3.05) is 6.54 Å². The molecule has 3 heteroatoms. The van der Waals surface area contributed by atoms with Gasteiger partial charge in [-0.15, -0.1) is 0 Å². The van der Waals surface area contributed by atoms with Crippen molar-refractivity contribution < 1.29 is 10.2 Å². The van der Waals surface area contributed by atoms with Gasteiger partial charge in [-0.3, -0.25) is 0 Å². The quantitative estimate of drug-likeness (QED) is 0.638. The second-order valence-electron chi connectivity index (χ2n) is 5.38. The molecule has 3 nitrogen and oxygen atoms in total. The molecule has 2 aliphatic carbocycles. The third kappa shape index (κ3) is 2.52. The Hall–Kier alpha value is -0.120. The minimum absolute atomic E-state index is 0.475. The van der Waals surface area contributed by atoms with Crippen LogP contribution >= 0.6 is 0 Å². The monoisotopic (exact) mass is 213 g/mol. The Morgan fingerprint density at radius 2 is 1.60 bits per heavy atom. The molecule has 2 rings (SSSR count). The standard InChI is InChI=1S/C12H23NO2/c13-4-3-8-1-2-9-6-11(14)12(15)7-10(9)5-8/h8-12,14-15H,1-7,13H2. The molecule has 0 spiro atoms. The number of aliphatic hydroxyl groups excluding tert-OH is 2. The maximum atomic E-state index is 9.66. The van der Waals surface area contributed by atoms with Crippen LogP contribution in [0.2, 0.25) is 0 Å². The lowest BCUT2D eigenvalue weighted by atomic mass is 9.65. The van der Waals surface area contributed by atoms with Crippen molar-refractivity contribution in [2.45, 2.75) is 50.7 Å². The topological polar surface area (TPSA) is 66.5 Å². The Kier molecular flexibility index (Phi) is 3.65. The third-order valence-electron chi connectivity index (χ3n) is 4.36. The van der Waals surface area contributed by atoms with Crippen LogP contribution in [-0.4, -0.2) is 29.0 Å². The molecular formula is C12H23NO2. The second kappa shape index (κ2) is 4.81. The van der Waals surface area contributed by atoms with Gasteiger partial charge in [0.15, 0.2) is 0 Å². The van der Waals surface area contributed by atoms with E-state index >= 15 is 0 Å². The molecule has 0 aliphatic heterocycles. The molecule has 0 bridgehead atoms. The molecule has 2 saturated carbocycles. The van der Waals surface area contributed by atoms with E-state index in [4.69, 9.17) is 5.73 Å². The lowest BCUT2D eigenvalue weighted by Gasteiger charge is -2.42. The largest absolute Gasteiger partial charge is 0.390 e. The molecule has 0 amide bonds. The van der Waals surface area contributed by atoms with Gasteiger partial charge < -0.3 is 15.9 Å². The molecule has 5 unspecified atom stereocenters. The summed E-state index contributed by atoms with van der Waals surface area (Å²) >= 11 is 0. The van der Waals surface area contributed by atoms with Crippen LogP contribution in [0, 0.1) is 17.8 Å². The van der Waals surface area contributed by atoms with Crippen LogP contribution in [0.3, 0.4) is 0 Å². The fourth-order valence-electron chi connectivity index (χ4n) is 3.46. The maximum absolute atomic E-state index is 9.66. The Bertz CT molecular complexity index is 210. The number of hydrogen-bond acceptors (Lipinski definition) is 3. The summed E-state index contributed by atoms with van der Waals surface area (Å²) in [6.07, 6.45) is 5.47. The average molecular weight is 213 g/mol. The first-order valence-electron chi connectivity index (χ1n) is 6.27. The van der Waals surface area contributed by atoms with Crippen molar-refractivity contribution in [2.24, 2.45) is 23.5 Å². The van der Waals surface area contributed by atoms with Crippen LogP contribution in [-0.2, 0) is 0 Å². The molecule has 2 aliphatic rings. The minimum Gasteiger partial charge on any atom is -0.390 e. The molecule has 0 radical (unpaired) electrons. The molecule has 15 heavy (non-hydrogen) atoms. The summed E-state index contributed by atoms with van der Waals surface area (Å²) in [7, 11) is 0. The lowest BCUT2D eigenvalue weighted by molar-refractivity contribution is -0.0626. The molecule has 88 valence electrons. The number of hydrogen-bond donors (Lipinski definition) is 3. The molecule has 0 heterocycles. The Morgan fingerprint density at radius 3 is 2.27 bits per heavy atom. The SMILES string of the molecule is NCCC1CCC2CC(O)C(O)CC2C1. The van der Waals surface area contributed by atoms with E-state index in [0.29, 0.717) is 11.8 Å². The molecule has 0 aromatic rings. The zero-order valence-corrected chi connectivity index (χ0v) is 9.31. The number of fused-ring (bicyclic) bond motifs is 1. The Balaban J connectivity index is 1.90. The van der Waals surface area contributed by atoms with Gasteiger partial charge in [-0.25, -0.2) is 0 Å². The maximum Gasteiger partial charge on any atom is 0.0802 e. The minimum atomic E-state index is -0.483. The zero-order valence-electron chi connectivity index (χ0n) is 9.31. The van der Waals surface area contributed by atoms with Crippen LogP contribution in [0.15, 0.2) is 0 Å². The van der Waals surface area contributed by atoms with Gasteiger partial charge in [-0.05, 0) is 56.4 Å². The lowest BCUT2D eigenvalue weighted by Crippen LogP contribution is -2.41. The van der Waals surface area contributed by atoms with E-state index in [2.05, 4.69) is 0 Å². The second-order valence-corrected chi connectivity index (χ2v) is 5.38. The van der Waals surface area contributed by atoms with E-state index in [1.165, 1.54) is 19.3 Å². The van der Waals surface area contributed by atoms with E-state index in [1.807, 2.05) is 0 Å². The fourth-order valence-corrected chi connectivity index (χ4v) is 3.46. The van der Waals surface area contributed by atoms with Crippen molar-refractivity contribution in [1.82, 2.24) is 0 Å². The highest BCUT2D eigenvalue weighted by Crippen LogP contribution is 2.43. The summed E-state index contributed by atoms with van der Waals surface area (Å²) < 4.78 is 0. The van der Waals surface area contributed by atoms with Gasteiger partial charge in [-0.2, -0.15) is 0 Å². The van der Waals surface area contributed by atoms with E-state index in [1.54, 1.807) is 0 Å². The van der Waals surface area contributed by atoms with Crippen LogP contribution < -0.4 is 5.73 Å². The molecule has 0 saturated heterocycles. The van der Waals surface area contributed by atoms with Gasteiger partial charge in [0, 0.05) is 0 Å². The molecule has 2 fully saturated rings. The van der Waals surface area contributed by atoms with Gasteiger partial charge in [0.25, 0.3) is 0 Å². The smallest absolute Gasteiger partial charge is 0.0802 e. The number of aliphatic hydroxyl groups is 2. The van der Waals surface area contributed by atoms with E-state index in [-0.39, 0.29) is 0 Å². The van der Waals surface area contributed by atoms with Crippen LogP contribution in [0.5, 0.6) is 0 Å². The average Bonchev–Trinajstić information content (AvgIpc) is 2.21. The highest BCUT2D eigenvalue weighted by molar-refractivity contribution is 4.89. The third-order valence-corrected chi connectivity index (χ3v) is 4.36. The highest BCUT2D eigenvalue weighted by Gasteiger charge is 2.38. The normalized spacial score (nSPS) is 46.2. The van der Waals surface area contributed by atoms with E-state index < -0.39 is 12.2 Å². The van der Waals surface area contributed by atoms with Crippen molar-refractivity contribution in [1.29, 1.82) is 0 Å². The molecule has 0 aromatic carbocycles. The van der Waals surface area contributed by atoms with Gasteiger partial charge in [0.05, 0.1) is 12.2 Å². The van der Waals surface area contributed by atoms with Crippen LogP contribution in [0.1, 0.15) is 38.5 Å². The summed E-state index contributed by atoms with van der Waals surface area (Å²) in [4.78, 5) is 0. The van der Waals surface area contributed by atoms with E-state index in [9.17, 15) is 10.2 Å².